The number of benzene rings is 2. The summed E-state index contributed by atoms with van der Waals surface area (Å²) in [6, 6.07) is 8.69. The highest BCUT2D eigenvalue weighted by molar-refractivity contribution is 6.48. The van der Waals surface area contributed by atoms with E-state index in [4.69, 9.17) is 5.41 Å². The lowest BCUT2D eigenvalue weighted by Crippen LogP contribution is -2.24. The van der Waals surface area contributed by atoms with E-state index in [9.17, 15) is 9.18 Å². The molecule has 2 N–H and O–H groups in total. The first-order chi connectivity index (χ1) is 13.8. The summed E-state index contributed by atoms with van der Waals surface area (Å²) in [6.07, 6.45) is 3.26. The lowest BCUT2D eigenvalue weighted by atomic mass is 9.97. The van der Waals surface area contributed by atoms with E-state index in [1.807, 2.05) is 25.2 Å². The molecule has 0 saturated heterocycles. The van der Waals surface area contributed by atoms with Crippen LogP contribution in [0.15, 0.2) is 42.7 Å². The summed E-state index contributed by atoms with van der Waals surface area (Å²) in [7, 11) is 3.80. The van der Waals surface area contributed by atoms with E-state index in [2.05, 4.69) is 15.3 Å². The maximum atomic E-state index is 14.5. The third-order valence-electron chi connectivity index (χ3n) is 5.17. The van der Waals surface area contributed by atoms with Crippen molar-refractivity contribution >= 4 is 17.3 Å². The van der Waals surface area contributed by atoms with E-state index in [0.717, 1.165) is 13.1 Å². The summed E-state index contributed by atoms with van der Waals surface area (Å²) >= 11 is 0. The molecule has 1 aliphatic rings. The Morgan fingerprint density at radius 2 is 1.93 bits per heavy atom. The molecule has 1 amide bonds. The van der Waals surface area contributed by atoms with Gasteiger partial charge in [0.15, 0.2) is 0 Å². The van der Waals surface area contributed by atoms with Crippen molar-refractivity contribution in [2.75, 3.05) is 12.4 Å². The van der Waals surface area contributed by atoms with Crippen molar-refractivity contribution in [2.24, 2.45) is 7.05 Å². The number of amides is 1. The molecule has 2 heterocycles. The molecule has 1 aromatic heterocycles. The van der Waals surface area contributed by atoms with Gasteiger partial charge in [-0.3, -0.25) is 19.8 Å². The molecule has 0 saturated carbocycles. The van der Waals surface area contributed by atoms with Gasteiger partial charge in [0.2, 0.25) is 0 Å². The molecule has 0 radical (unpaired) electrons. The topological polar surface area (TPSA) is 74.0 Å². The first-order valence-electron chi connectivity index (χ1n) is 9.31. The molecule has 7 heteroatoms. The van der Waals surface area contributed by atoms with Crippen LogP contribution in [0.3, 0.4) is 0 Å². The number of hydrogen-bond acceptors (Lipinski definition) is 4. The van der Waals surface area contributed by atoms with Crippen LogP contribution in [0.4, 0.5) is 10.1 Å². The molecule has 0 aliphatic carbocycles. The van der Waals surface area contributed by atoms with Crippen molar-refractivity contribution in [3.05, 3.63) is 70.8 Å². The first-order valence-corrected chi connectivity index (χ1v) is 9.31. The van der Waals surface area contributed by atoms with Gasteiger partial charge >= 0.3 is 0 Å². The summed E-state index contributed by atoms with van der Waals surface area (Å²) in [4.78, 5) is 14.9. The van der Waals surface area contributed by atoms with Crippen LogP contribution in [0.5, 0.6) is 0 Å². The number of anilines is 1. The number of carbonyl (C=O) groups excluding carboxylic acids is 1. The molecule has 2 aromatic carbocycles. The van der Waals surface area contributed by atoms with E-state index < -0.39 is 11.7 Å². The van der Waals surface area contributed by atoms with Crippen LogP contribution in [0.25, 0.3) is 11.1 Å². The number of nitrogens with one attached hydrogen (secondary N) is 2. The lowest BCUT2D eigenvalue weighted by Gasteiger charge is -2.12. The zero-order valence-electron chi connectivity index (χ0n) is 16.6. The van der Waals surface area contributed by atoms with Gasteiger partial charge in [-0.05, 0) is 54.9 Å². The van der Waals surface area contributed by atoms with E-state index >= 15 is 0 Å². The second-order valence-electron chi connectivity index (χ2n) is 7.53. The zero-order chi connectivity index (χ0) is 20.7. The minimum Gasteiger partial charge on any atom is -0.321 e. The average molecular weight is 391 g/mol. The predicted octanol–water partition coefficient (Wildman–Crippen LogP) is 3.49. The van der Waals surface area contributed by atoms with Gasteiger partial charge in [0.25, 0.3) is 5.91 Å². The molecule has 0 atom stereocenters. The summed E-state index contributed by atoms with van der Waals surface area (Å²) in [6.45, 7) is 3.42. The Bertz CT molecular complexity index is 1130. The predicted molar refractivity (Wildman–Crippen MR) is 110 cm³/mol. The largest absolute Gasteiger partial charge is 0.321 e. The van der Waals surface area contributed by atoms with Crippen molar-refractivity contribution in [1.82, 2.24) is 14.7 Å². The van der Waals surface area contributed by atoms with Crippen LogP contribution in [0.1, 0.15) is 22.3 Å². The fourth-order valence-electron chi connectivity index (χ4n) is 3.68. The number of carbonyl (C=O) groups is 1. The second-order valence-corrected chi connectivity index (χ2v) is 7.53. The molecule has 0 fully saturated rings. The third-order valence-corrected chi connectivity index (χ3v) is 5.17. The monoisotopic (exact) mass is 391 g/mol. The highest BCUT2D eigenvalue weighted by atomic mass is 19.1. The Morgan fingerprint density at radius 3 is 2.66 bits per heavy atom. The van der Waals surface area contributed by atoms with Gasteiger partial charge in [-0.15, -0.1) is 0 Å². The van der Waals surface area contributed by atoms with Crippen LogP contribution < -0.4 is 5.32 Å². The van der Waals surface area contributed by atoms with Gasteiger partial charge in [-0.2, -0.15) is 5.10 Å². The van der Waals surface area contributed by atoms with Crippen LogP contribution in [-0.2, 0) is 24.9 Å². The molecule has 6 nitrogen and oxygen atoms in total. The molecule has 3 aromatic rings. The van der Waals surface area contributed by atoms with E-state index in [-0.39, 0.29) is 5.71 Å². The van der Waals surface area contributed by atoms with Crippen LogP contribution in [0.2, 0.25) is 0 Å². The van der Waals surface area contributed by atoms with Gasteiger partial charge in [-0.25, -0.2) is 4.39 Å². The highest BCUT2D eigenvalue weighted by Gasteiger charge is 2.20. The second kappa shape index (κ2) is 7.25. The molecule has 148 valence electrons. The van der Waals surface area contributed by atoms with Gasteiger partial charge < -0.3 is 5.32 Å². The smallest absolute Gasteiger partial charge is 0.274 e. The van der Waals surface area contributed by atoms with Crippen molar-refractivity contribution in [1.29, 1.82) is 5.41 Å². The lowest BCUT2D eigenvalue weighted by molar-refractivity contribution is -0.110. The molecule has 0 spiro atoms. The number of rotatable bonds is 4. The number of aryl methyl sites for hydroxylation is 2. The Labute approximate surface area is 168 Å². The fraction of sp³-hybridized carbons (Fsp3) is 0.227. The number of aromatic nitrogens is 2. The van der Waals surface area contributed by atoms with Gasteiger partial charge in [0, 0.05) is 48.7 Å². The van der Waals surface area contributed by atoms with Crippen LogP contribution >= 0.6 is 0 Å². The normalized spacial score (nSPS) is 13.4. The van der Waals surface area contributed by atoms with Gasteiger partial charge in [0.05, 0.1) is 6.20 Å². The Balaban J connectivity index is 1.59. The summed E-state index contributed by atoms with van der Waals surface area (Å²) in [5.41, 5.74) is 4.71. The van der Waals surface area contributed by atoms with Crippen molar-refractivity contribution in [2.45, 2.75) is 20.0 Å². The number of nitrogens with zero attached hydrogens (tertiary/aromatic N) is 3. The Hall–Kier alpha value is -3.32. The standard InChI is InChI=1S/C22H22FN5O/c1-13-6-20(23)19(16-9-25-28(3)12-16)8-18(13)21(24)22(29)26-17-5-4-14-10-27(2)11-15(14)7-17/h4-9,12,24H,10-11H2,1-3H3,(H,26,29). The molecule has 29 heavy (non-hydrogen) atoms. The summed E-state index contributed by atoms with van der Waals surface area (Å²) in [5.74, 6) is -0.932. The fourth-order valence-corrected chi connectivity index (χ4v) is 3.68. The van der Waals surface area contributed by atoms with Crippen molar-refractivity contribution in [3.8, 4) is 11.1 Å². The highest BCUT2D eigenvalue weighted by Crippen LogP contribution is 2.27. The van der Waals surface area contributed by atoms with Gasteiger partial charge in [-0.1, -0.05) is 6.07 Å². The minimum absolute atomic E-state index is 0.203. The number of hydrogen-bond donors (Lipinski definition) is 2. The SMILES string of the molecule is Cc1cc(F)c(-c2cnn(C)c2)cc1C(=N)C(=O)Nc1ccc2c(c1)CN(C)C2. The Kier molecular flexibility index (Phi) is 4.76. The average Bonchev–Trinajstić information content (AvgIpc) is 3.25. The molecule has 4 rings (SSSR count). The third kappa shape index (κ3) is 3.69. The molecule has 1 aliphatic heterocycles. The number of fused-ring (bicyclic) bond motifs is 1. The summed E-state index contributed by atoms with van der Waals surface area (Å²) in [5, 5.41) is 15.2. The quantitative estimate of drug-likeness (QED) is 0.669. The van der Waals surface area contributed by atoms with Crippen LogP contribution in [-0.4, -0.2) is 33.3 Å². The first kappa shape index (κ1) is 19.0. The number of halogens is 1. The van der Waals surface area contributed by atoms with Crippen molar-refractivity contribution < 1.29 is 9.18 Å². The minimum atomic E-state index is -0.525. The molecule has 0 unspecified atom stereocenters. The van der Waals surface area contributed by atoms with Gasteiger partial charge in [0.1, 0.15) is 11.5 Å². The van der Waals surface area contributed by atoms with Crippen LogP contribution in [0, 0.1) is 18.2 Å². The van der Waals surface area contributed by atoms with Crippen molar-refractivity contribution in [3.63, 3.8) is 0 Å². The molecule has 0 bridgehead atoms. The molecular weight excluding hydrogens is 369 g/mol. The van der Waals surface area contributed by atoms with E-state index in [1.54, 1.807) is 37.1 Å². The van der Waals surface area contributed by atoms with E-state index in [0.29, 0.717) is 27.9 Å². The Morgan fingerprint density at radius 1 is 1.17 bits per heavy atom. The maximum absolute atomic E-state index is 14.5. The molecular formula is C22H22FN5O. The zero-order valence-corrected chi connectivity index (χ0v) is 16.6. The van der Waals surface area contributed by atoms with E-state index in [1.165, 1.54) is 17.2 Å². The maximum Gasteiger partial charge on any atom is 0.274 e. The summed E-state index contributed by atoms with van der Waals surface area (Å²) < 4.78 is 16.1.